The Labute approximate surface area is 115 Å². The van der Waals surface area contributed by atoms with Gasteiger partial charge in [0.2, 0.25) is 0 Å². The predicted molar refractivity (Wildman–Crippen MR) is 75.2 cm³/mol. The molecule has 2 aromatic heterocycles. The molecule has 0 aromatic carbocycles. The maximum atomic E-state index is 5.90. The fourth-order valence-corrected chi connectivity index (χ4v) is 2.80. The van der Waals surface area contributed by atoms with Gasteiger partial charge in [-0.1, -0.05) is 17.7 Å². The zero-order valence-electron chi connectivity index (χ0n) is 9.36. The molecule has 0 bridgehead atoms. The number of hydrogen-bond acceptors (Lipinski definition) is 3. The maximum Gasteiger partial charge on any atom is 0.128 e. The van der Waals surface area contributed by atoms with Crippen molar-refractivity contribution in [3.8, 4) is 0 Å². The molecule has 2 rings (SSSR count). The first-order valence-electron chi connectivity index (χ1n) is 5.16. The van der Waals surface area contributed by atoms with Gasteiger partial charge in [0.15, 0.2) is 0 Å². The second-order valence-corrected chi connectivity index (χ2v) is 5.75. The van der Waals surface area contributed by atoms with Gasteiger partial charge in [-0.2, -0.15) is 0 Å². The summed E-state index contributed by atoms with van der Waals surface area (Å²) in [7, 11) is 2.01. The number of alkyl halides is 1. The lowest BCUT2D eigenvalue weighted by atomic mass is 10.3. The monoisotopic (exact) mass is 286 g/mol. The number of hydrogen-bond donors (Lipinski definition) is 0. The van der Waals surface area contributed by atoms with E-state index in [-0.39, 0.29) is 0 Å². The van der Waals surface area contributed by atoms with Gasteiger partial charge in [0.25, 0.3) is 0 Å². The highest BCUT2D eigenvalue weighted by Gasteiger charge is 2.06. The van der Waals surface area contributed by atoms with Gasteiger partial charge in [0, 0.05) is 11.9 Å². The first kappa shape index (κ1) is 12.7. The molecule has 0 aliphatic rings. The van der Waals surface area contributed by atoms with Crippen molar-refractivity contribution in [3.63, 3.8) is 0 Å². The summed E-state index contributed by atoms with van der Waals surface area (Å²) < 4.78 is 0.816. The molecule has 2 nitrogen and oxygen atoms in total. The predicted octanol–water partition coefficient (Wildman–Crippen LogP) is 4.17. The van der Waals surface area contributed by atoms with Gasteiger partial charge in [-0.25, -0.2) is 4.98 Å². The molecule has 0 atom stereocenters. The Morgan fingerprint density at radius 1 is 1.29 bits per heavy atom. The molecule has 2 heterocycles. The summed E-state index contributed by atoms with van der Waals surface area (Å²) in [6.07, 6.45) is 0. The lowest BCUT2D eigenvalue weighted by Gasteiger charge is -2.17. The maximum absolute atomic E-state index is 5.90. The molecule has 0 aliphatic heterocycles. The minimum absolute atomic E-state index is 0.437. The van der Waals surface area contributed by atoms with Crippen LogP contribution < -0.4 is 4.90 Å². The van der Waals surface area contributed by atoms with E-state index in [0.29, 0.717) is 5.88 Å². The molecule has 0 amide bonds. The average molecular weight is 287 g/mol. The van der Waals surface area contributed by atoms with Crippen molar-refractivity contribution in [2.24, 2.45) is 0 Å². The van der Waals surface area contributed by atoms with Crippen LogP contribution in [0.2, 0.25) is 4.34 Å². The van der Waals surface area contributed by atoms with Crippen LogP contribution in [0.4, 0.5) is 5.82 Å². The van der Waals surface area contributed by atoms with Crippen molar-refractivity contribution in [2.45, 2.75) is 12.4 Å². The van der Waals surface area contributed by atoms with Gasteiger partial charge in [-0.3, -0.25) is 0 Å². The van der Waals surface area contributed by atoms with Gasteiger partial charge < -0.3 is 4.90 Å². The first-order valence-corrected chi connectivity index (χ1v) is 6.89. The molecule has 17 heavy (non-hydrogen) atoms. The van der Waals surface area contributed by atoms with Gasteiger partial charge in [-0.15, -0.1) is 22.9 Å². The molecule has 0 saturated heterocycles. The van der Waals surface area contributed by atoms with Crippen molar-refractivity contribution < 1.29 is 0 Å². The zero-order valence-corrected chi connectivity index (χ0v) is 11.7. The Balaban J connectivity index is 2.11. The van der Waals surface area contributed by atoms with Gasteiger partial charge in [-0.05, 0) is 24.3 Å². The van der Waals surface area contributed by atoms with E-state index in [1.165, 1.54) is 4.88 Å². The van der Waals surface area contributed by atoms with E-state index in [9.17, 15) is 0 Å². The topological polar surface area (TPSA) is 16.1 Å². The van der Waals surface area contributed by atoms with E-state index < -0.39 is 0 Å². The summed E-state index contributed by atoms with van der Waals surface area (Å²) in [5, 5.41) is 0. The van der Waals surface area contributed by atoms with Crippen LogP contribution in [0.5, 0.6) is 0 Å². The quantitative estimate of drug-likeness (QED) is 0.784. The van der Waals surface area contributed by atoms with Gasteiger partial charge >= 0.3 is 0 Å². The van der Waals surface area contributed by atoms with Crippen molar-refractivity contribution >= 4 is 40.4 Å². The summed E-state index contributed by atoms with van der Waals surface area (Å²) in [5.41, 5.74) is 0.889. The molecule has 0 saturated carbocycles. The van der Waals surface area contributed by atoms with E-state index in [2.05, 4.69) is 9.88 Å². The Morgan fingerprint density at radius 2 is 2.12 bits per heavy atom. The SMILES string of the molecule is CN(Cc1ccc(Cl)s1)c1cccc(CCl)n1. The van der Waals surface area contributed by atoms with Crippen LogP contribution in [0.25, 0.3) is 0 Å². The highest BCUT2D eigenvalue weighted by Crippen LogP contribution is 2.23. The van der Waals surface area contributed by atoms with Crippen LogP contribution >= 0.6 is 34.5 Å². The van der Waals surface area contributed by atoms with Gasteiger partial charge in [0.05, 0.1) is 22.5 Å². The molecule has 0 fully saturated rings. The number of rotatable bonds is 4. The largest absolute Gasteiger partial charge is 0.355 e. The van der Waals surface area contributed by atoms with E-state index in [1.54, 1.807) is 11.3 Å². The summed E-state index contributed by atoms with van der Waals surface area (Å²) in [4.78, 5) is 7.76. The fourth-order valence-electron chi connectivity index (χ4n) is 1.51. The van der Waals surface area contributed by atoms with Crippen molar-refractivity contribution in [2.75, 3.05) is 11.9 Å². The number of halogens is 2. The third-order valence-electron chi connectivity index (χ3n) is 2.34. The van der Waals surface area contributed by atoms with Crippen molar-refractivity contribution in [1.29, 1.82) is 0 Å². The normalized spacial score (nSPS) is 10.5. The molecule has 0 N–H and O–H groups in total. The summed E-state index contributed by atoms with van der Waals surface area (Å²) in [6.45, 7) is 0.802. The molecule has 0 spiro atoms. The standard InChI is InChI=1S/C12H12Cl2N2S/c1-16(8-10-5-6-11(14)17-10)12-4-2-3-9(7-13)15-12/h2-6H,7-8H2,1H3. The minimum Gasteiger partial charge on any atom is -0.355 e. The van der Waals surface area contributed by atoms with E-state index in [0.717, 1.165) is 22.4 Å². The second-order valence-electron chi connectivity index (χ2n) is 3.68. The number of pyridine rings is 1. The Kier molecular flexibility index (Phi) is 4.26. The van der Waals surface area contributed by atoms with Crippen molar-refractivity contribution in [3.05, 3.63) is 45.2 Å². The highest BCUT2D eigenvalue weighted by molar-refractivity contribution is 7.16. The second kappa shape index (κ2) is 5.71. The minimum atomic E-state index is 0.437. The third-order valence-corrected chi connectivity index (χ3v) is 3.83. The molecular weight excluding hydrogens is 275 g/mol. The number of aromatic nitrogens is 1. The van der Waals surface area contributed by atoms with Crippen LogP contribution in [0.1, 0.15) is 10.6 Å². The van der Waals surface area contributed by atoms with Crippen LogP contribution in [-0.4, -0.2) is 12.0 Å². The molecule has 0 radical (unpaired) electrons. The van der Waals surface area contributed by atoms with Crippen LogP contribution in [0, 0.1) is 0 Å². The highest BCUT2D eigenvalue weighted by atomic mass is 35.5. The first-order chi connectivity index (χ1) is 8.19. The Hall–Kier alpha value is -0.770. The Bertz CT molecular complexity index is 499. The molecule has 2 aromatic rings. The summed E-state index contributed by atoms with van der Waals surface area (Å²) in [6, 6.07) is 9.82. The fraction of sp³-hybridized carbons (Fsp3) is 0.250. The number of anilines is 1. The summed E-state index contributed by atoms with van der Waals surface area (Å²) >= 11 is 13.3. The molecule has 0 aliphatic carbocycles. The smallest absolute Gasteiger partial charge is 0.128 e. The lowest BCUT2D eigenvalue weighted by Crippen LogP contribution is -2.17. The molecular formula is C12H12Cl2N2S. The van der Waals surface area contributed by atoms with Crippen LogP contribution in [0.3, 0.4) is 0 Å². The van der Waals surface area contributed by atoms with E-state index in [4.69, 9.17) is 23.2 Å². The van der Waals surface area contributed by atoms with E-state index in [1.807, 2.05) is 37.4 Å². The third kappa shape index (κ3) is 3.35. The number of nitrogens with zero attached hydrogens (tertiary/aromatic N) is 2. The average Bonchev–Trinajstić information content (AvgIpc) is 2.75. The molecule has 0 unspecified atom stereocenters. The van der Waals surface area contributed by atoms with Crippen LogP contribution in [-0.2, 0) is 12.4 Å². The van der Waals surface area contributed by atoms with Gasteiger partial charge in [0.1, 0.15) is 5.82 Å². The molecule has 90 valence electrons. The van der Waals surface area contributed by atoms with Crippen molar-refractivity contribution in [1.82, 2.24) is 4.98 Å². The lowest BCUT2D eigenvalue weighted by molar-refractivity contribution is 0.904. The van der Waals surface area contributed by atoms with Crippen LogP contribution in [0.15, 0.2) is 30.3 Å². The zero-order chi connectivity index (χ0) is 12.3. The van der Waals surface area contributed by atoms with E-state index >= 15 is 0 Å². The Morgan fingerprint density at radius 3 is 2.76 bits per heavy atom. The number of thiophene rings is 1. The molecule has 5 heteroatoms. The summed E-state index contributed by atoms with van der Waals surface area (Å²) in [5.74, 6) is 1.36.